The van der Waals surface area contributed by atoms with Crippen molar-refractivity contribution >= 4 is 29.0 Å². The Morgan fingerprint density at radius 3 is 2.71 bits per heavy atom. The van der Waals surface area contributed by atoms with Crippen molar-refractivity contribution in [3.05, 3.63) is 22.6 Å². The maximum absolute atomic E-state index is 11.8. The summed E-state index contributed by atoms with van der Waals surface area (Å²) in [7, 11) is 1.33. The molecular weight excluding hydrogens is 290 g/mol. The van der Waals surface area contributed by atoms with E-state index in [4.69, 9.17) is 27.1 Å². The van der Waals surface area contributed by atoms with Crippen LogP contribution in [0.2, 0.25) is 0 Å². The van der Waals surface area contributed by atoms with Gasteiger partial charge >= 0.3 is 5.97 Å². The van der Waals surface area contributed by atoms with Crippen LogP contribution in [0.25, 0.3) is 0 Å². The third-order valence-corrected chi connectivity index (χ3v) is 3.56. The molecule has 6 nitrogen and oxygen atoms in total. The molecule has 3 N–H and O–H groups in total. The van der Waals surface area contributed by atoms with Crippen molar-refractivity contribution < 1.29 is 13.9 Å². The molecule has 1 aromatic heterocycles. The number of nitrogens with zero attached hydrogens (tertiary/aromatic N) is 1. The highest BCUT2D eigenvalue weighted by atomic mass is 32.1. The molecule has 0 atom stereocenters. The van der Waals surface area contributed by atoms with Gasteiger partial charge in [-0.15, -0.1) is 0 Å². The zero-order valence-electron chi connectivity index (χ0n) is 12.6. The third-order valence-electron chi connectivity index (χ3n) is 3.47. The number of hydrogen-bond donors (Lipinski definition) is 2. The fourth-order valence-corrected chi connectivity index (χ4v) is 2.67. The van der Waals surface area contributed by atoms with Gasteiger partial charge in [0.15, 0.2) is 5.11 Å². The molecule has 1 aliphatic rings. The number of furan rings is 1. The second kappa shape index (κ2) is 5.48. The van der Waals surface area contributed by atoms with Gasteiger partial charge in [0.25, 0.3) is 0 Å². The van der Waals surface area contributed by atoms with Gasteiger partial charge in [0.05, 0.1) is 12.8 Å². The number of esters is 1. The predicted octanol–water partition coefficient (Wildman–Crippen LogP) is 1.88. The van der Waals surface area contributed by atoms with Crippen LogP contribution >= 0.6 is 12.2 Å². The van der Waals surface area contributed by atoms with E-state index in [0.29, 0.717) is 0 Å². The van der Waals surface area contributed by atoms with Gasteiger partial charge in [-0.2, -0.15) is 5.10 Å². The summed E-state index contributed by atoms with van der Waals surface area (Å²) >= 11 is 4.78. The van der Waals surface area contributed by atoms with Gasteiger partial charge in [-0.1, -0.05) is 13.8 Å². The summed E-state index contributed by atoms with van der Waals surface area (Å²) < 4.78 is 10.5. The Morgan fingerprint density at radius 2 is 2.14 bits per heavy atom. The summed E-state index contributed by atoms with van der Waals surface area (Å²) in [6.07, 6.45) is 1.46. The van der Waals surface area contributed by atoms with Gasteiger partial charge in [-0.25, -0.2) is 4.79 Å². The highest BCUT2D eigenvalue weighted by molar-refractivity contribution is 7.80. The first kappa shape index (κ1) is 15.5. The molecule has 0 amide bonds. The minimum Gasteiger partial charge on any atom is -0.463 e. The smallest absolute Gasteiger partial charge is 0.374 e. The Morgan fingerprint density at radius 1 is 1.48 bits per heavy atom. The molecule has 0 saturated heterocycles. The molecule has 114 valence electrons. The summed E-state index contributed by atoms with van der Waals surface area (Å²) in [6.45, 7) is 6.05. The molecule has 0 radical (unpaired) electrons. The number of ether oxygens (including phenoxy) is 1. The van der Waals surface area contributed by atoms with Crippen LogP contribution in [0.3, 0.4) is 0 Å². The highest BCUT2D eigenvalue weighted by Crippen LogP contribution is 2.38. The topological polar surface area (TPSA) is 89.8 Å². The molecular formula is C14H19N3O3S. The molecule has 0 saturated carbocycles. The van der Waals surface area contributed by atoms with Crippen LogP contribution in [-0.2, 0) is 11.2 Å². The van der Waals surface area contributed by atoms with Crippen LogP contribution in [0.4, 0.5) is 0 Å². The molecule has 0 unspecified atom stereocenters. The number of thiocarbonyl (C=S) groups is 1. The van der Waals surface area contributed by atoms with Crippen LogP contribution in [-0.4, -0.2) is 23.9 Å². The normalized spacial score (nSPS) is 18.2. The number of nitrogens with two attached hydrogens (primary N) is 1. The van der Waals surface area contributed by atoms with Crippen LogP contribution in [0.5, 0.6) is 0 Å². The lowest BCUT2D eigenvalue weighted by Gasteiger charge is -2.29. The molecule has 0 spiro atoms. The molecule has 0 bridgehead atoms. The summed E-state index contributed by atoms with van der Waals surface area (Å²) in [5.74, 6) is 0.484. The average molecular weight is 309 g/mol. The maximum atomic E-state index is 11.8. The SMILES string of the molecule is COC(=O)c1oc2c(c1C)/C(=N\NC(N)=S)CC(C)(C)C2. The summed E-state index contributed by atoms with van der Waals surface area (Å²) in [5.41, 5.74) is 10.4. The Labute approximate surface area is 128 Å². The number of carbonyl (C=O) groups excluding carboxylic acids is 1. The number of rotatable bonds is 2. The lowest BCUT2D eigenvalue weighted by atomic mass is 9.75. The molecule has 1 aromatic rings. The van der Waals surface area contributed by atoms with Crippen molar-refractivity contribution in [2.24, 2.45) is 16.3 Å². The van der Waals surface area contributed by atoms with Gasteiger partial charge in [0, 0.05) is 17.5 Å². The van der Waals surface area contributed by atoms with Gasteiger partial charge in [0.1, 0.15) is 5.76 Å². The molecule has 2 rings (SSSR count). The molecule has 0 fully saturated rings. The Kier molecular flexibility index (Phi) is 4.04. The van der Waals surface area contributed by atoms with Crippen molar-refractivity contribution in [3.63, 3.8) is 0 Å². The summed E-state index contributed by atoms with van der Waals surface area (Å²) in [5, 5.41) is 4.37. The van der Waals surface area contributed by atoms with Crippen molar-refractivity contribution in [1.82, 2.24) is 5.43 Å². The van der Waals surface area contributed by atoms with E-state index in [0.717, 1.165) is 35.4 Å². The molecule has 1 heterocycles. The van der Waals surface area contributed by atoms with Crippen molar-refractivity contribution in [1.29, 1.82) is 0 Å². The zero-order valence-corrected chi connectivity index (χ0v) is 13.4. The minimum absolute atomic E-state index is 0.0264. The third kappa shape index (κ3) is 3.07. The number of hydrogen-bond acceptors (Lipinski definition) is 5. The molecule has 0 aliphatic heterocycles. The Hall–Kier alpha value is -1.89. The van der Waals surface area contributed by atoms with Crippen molar-refractivity contribution in [2.75, 3.05) is 7.11 Å². The molecule has 0 aromatic carbocycles. The minimum atomic E-state index is -0.485. The Bertz CT molecular complexity index is 632. The average Bonchev–Trinajstić information content (AvgIpc) is 2.70. The number of hydrazone groups is 1. The largest absolute Gasteiger partial charge is 0.463 e. The quantitative estimate of drug-likeness (QED) is 0.492. The van der Waals surface area contributed by atoms with E-state index < -0.39 is 5.97 Å². The number of fused-ring (bicyclic) bond motifs is 1. The van der Waals surface area contributed by atoms with Gasteiger partial charge in [0.2, 0.25) is 5.76 Å². The first-order chi connectivity index (χ1) is 9.75. The lowest BCUT2D eigenvalue weighted by molar-refractivity contribution is 0.0560. The van der Waals surface area contributed by atoms with Crippen molar-refractivity contribution in [3.8, 4) is 0 Å². The zero-order chi connectivity index (χ0) is 15.8. The summed E-state index contributed by atoms with van der Waals surface area (Å²) in [6, 6.07) is 0. The van der Waals surface area contributed by atoms with Crippen LogP contribution < -0.4 is 11.2 Å². The van der Waals surface area contributed by atoms with E-state index in [1.165, 1.54) is 7.11 Å². The van der Waals surface area contributed by atoms with E-state index in [-0.39, 0.29) is 16.3 Å². The molecule has 7 heteroatoms. The number of methoxy groups -OCH3 is 1. The fourth-order valence-electron chi connectivity index (χ4n) is 2.62. The first-order valence-corrected chi connectivity index (χ1v) is 6.99. The lowest BCUT2D eigenvalue weighted by Crippen LogP contribution is -2.31. The standard InChI is InChI=1S/C14H19N3O3S/c1-7-10-8(16-17-13(15)21)5-14(2,3)6-9(10)20-11(7)12(18)19-4/h5-6H2,1-4H3,(H3,15,17,21)/b16-8-. The number of nitrogens with one attached hydrogen (secondary N) is 1. The molecule has 21 heavy (non-hydrogen) atoms. The van der Waals surface area contributed by atoms with E-state index in [2.05, 4.69) is 24.4 Å². The van der Waals surface area contributed by atoms with E-state index in [9.17, 15) is 4.79 Å². The van der Waals surface area contributed by atoms with Gasteiger partial charge in [-0.3, -0.25) is 5.43 Å². The van der Waals surface area contributed by atoms with Crippen LogP contribution in [0, 0.1) is 12.3 Å². The van der Waals surface area contributed by atoms with Gasteiger partial charge in [-0.05, 0) is 31.0 Å². The van der Waals surface area contributed by atoms with Crippen LogP contribution in [0.1, 0.15) is 47.7 Å². The number of carbonyl (C=O) groups is 1. The van der Waals surface area contributed by atoms with Crippen molar-refractivity contribution in [2.45, 2.75) is 33.6 Å². The summed E-state index contributed by atoms with van der Waals surface area (Å²) in [4.78, 5) is 11.8. The van der Waals surface area contributed by atoms with E-state index in [1.807, 2.05) is 6.92 Å². The van der Waals surface area contributed by atoms with E-state index in [1.54, 1.807) is 0 Å². The second-order valence-corrected chi connectivity index (χ2v) is 6.34. The maximum Gasteiger partial charge on any atom is 0.374 e. The van der Waals surface area contributed by atoms with Gasteiger partial charge < -0.3 is 14.9 Å². The first-order valence-electron chi connectivity index (χ1n) is 6.58. The fraction of sp³-hybridized carbons (Fsp3) is 0.500. The second-order valence-electron chi connectivity index (χ2n) is 5.90. The monoisotopic (exact) mass is 309 g/mol. The highest BCUT2D eigenvalue weighted by Gasteiger charge is 2.36. The van der Waals surface area contributed by atoms with E-state index >= 15 is 0 Å². The molecule has 1 aliphatic carbocycles. The predicted molar refractivity (Wildman–Crippen MR) is 83.3 cm³/mol. The Balaban J connectivity index is 2.53. The van der Waals surface area contributed by atoms with Crippen LogP contribution in [0.15, 0.2) is 9.52 Å².